The van der Waals surface area contributed by atoms with Gasteiger partial charge in [-0.1, -0.05) is 6.92 Å². The van der Waals surface area contributed by atoms with Gasteiger partial charge >= 0.3 is 0 Å². The molecule has 2 aromatic rings. The number of thiazole rings is 1. The zero-order valence-corrected chi connectivity index (χ0v) is 12.4. The quantitative estimate of drug-likeness (QED) is 0.815. The van der Waals surface area contributed by atoms with E-state index >= 15 is 0 Å². The van der Waals surface area contributed by atoms with Crippen molar-refractivity contribution >= 4 is 17.1 Å². The molecule has 0 aliphatic heterocycles. The first-order valence-electron chi connectivity index (χ1n) is 6.55. The molecule has 0 bridgehead atoms. The first-order valence-corrected chi connectivity index (χ1v) is 7.43. The van der Waals surface area contributed by atoms with Crippen molar-refractivity contribution < 1.29 is 4.79 Å². The fourth-order valence-electron chi connectivity index (χ4n) is 1.86. The van der Waals surface area contributed by atoms with Crippen molar-refractivity contribution in [3.8, 4) is 0 Å². The van der Waals surface area contributed by atoms with Crippen LogP contribution in [0.4, 0.5) is 0 Å². The molecule has 0 aromatic carbocycles. The fourth-order valence-corrected chi connectivity index (χ4v) is 2.47. The van der Waals surface area contributed by atoms with Gasteiger partial charge in [0.05, 0.1) is 22.8 Å². The molecular formula is C14H19N3OS. The first kappa shape index (κ1) is 13.9. The SMILES string of the molecule is CCC(C)n1ccc(CC(=O)Cc2csc(C)n2)n1. The molecule has 0 fully saturated rings. The Hall–Kier alpha value is -1.49. The Morgan fingerprint density at radius 1 is 1.42 bits per heavy atom. The van der Waals surface area contributed by atoms with E-state index in [0.717, 1.165) is 22.8 Å². The highest BCUT2D eigenvalue weighted by atomic mass is 32.1. The van der Waals surface area contributed by atoms with Gasteiger partial charge in [0.1, 0.15) is 5.78 Å². The van der Waals surface area contributed by atoms with Crippen LogP contribution in [0.1, 0.15) is 42.7 Å². The summed E-state index contributed by atoms with van der Waals surface area (Å²) < 4.78 is 1.93. The first-order chi connectivity index (χ1) is 9.08. The monoisotopic (exact) mass is 277 g/mol. The van der Waals surface area contributed by atoms with Crippen LogP contribution in [-0.2, 0) is 17.6 Å². The lowest BCUT2D eigenvalue weighted by Gasteiger charge is -2.07. The van der Waals surface area contributed by atoms with Gasteiger partial charge in [0.15, 0.2) is 0 Å². The Morgan fingerprint density at radius 2 is 2.16 bits per heavy atom. The molecule has 0 spiro atoms. The van der Waals surface area contributed by atoms with Crippen molar-refractivity contribution in [1.82, 2.24) is 14.8 Å². The number of ketones is 1. The molecule has 0 saturated carbocycles. The number of aryl methyl sites for hydroxylation is 1. The number of Topliss-reactive ketones (excluding diaryl/α,β-unsaturated/α-hetero) is 1. The smallest absolute Gasteiger partial charge is 0.144 e. The summed E-state index contributed by atoms with van der Waals surface area (Å²) in [5.41, 5.74) is 1.71. The number of hydrogen-bond acceptors (Lipinski definition) is 4. The predicted molar refractivity (Wildman–Crippen MR) is 76.5 cm³/mol. The maximum atomic E-state index is 12.0. The molecule has 0 radical (unpaired) electrons. The van der Waals surface area contributed by atoms with Gasteiger partial charge in [-0.2, -0.15) is 5.10 Å². The third-order valence-corrected chi connectivity index (χ3v) is 3.95. The third-order valence-electron chi connectivity index (χ3n) is 3.13. The fraction of sp³-hybridized carbons (Fsp3) is 0.500. The highest BCUT2D eigenvalue weighted by Crippen LogP contribution is 2.12. The minimum absolute atomic E-state index is 0.166. The van der Waals surface area contributed by atoms with Gasteiger partial charge in [0.25, 0.3) is 0 Å². The number of carbonyl (C=O) groups excluding carboxylic acids is 1. The average Bonchev–Trinajstić information content (AvgIpc) is 2.98. The number of nitrogens with zero attached hydrogens (tertiary/aromatic N) is 3. The van der Waals surface area contributed by atoms with Crippen LogP contribution >= 0.6 is 11.3 Å². The molecule has 2 aromatic heterocycles. The molecule has 0 aliphatic rings. The second-order valence-corrected chi connectivity index (χ2v) is 5.86. The molecule has 4 nitrogen and oxygen atoms in total. The largest absolute Gasteiger partial charge is 0.299 e. The minimum atomic E-state index is 0.166. The van der Waals surface area contributed by atoms with Crippen LogP contribution in [0.5, 0.6) is 0 Å². The Morgan fingerprint density at radius 3 is 2.79 bits per heavy atom. The summed E-state index contributed by atoms with van der Waals surface area (Å²) in [6.07, 6.45) is 3.78. The van der Waals surface area contributed by atoms with Crippen molar-refractivity contribution in [3.05, 3.63) is 34.0 Å². The zero-order valence-electron chi connectivity index (χ0n) is 11.6. The molecule has 0 N–H and O–H groups in total. The summed E-state index contributed by atoms with van der Waals surface area (Å²) >= 11 is 1.58. The maximum Gasteiger partial charge on any atom is 0.144 e. The molecule has 5 heteroatoms. The van der Waals surface area contributed by atoms with Crippen LogP contribution in [0.25, 0.3) is 0 Å². The van der Waals surface area contributed by atoms with Crippen LogP contribution in [0.15, 0.2) is 17.6 Å². The van der Waals surface area contributed by atoms with E-state index in [1.165, 1.54) is 0 Å². The number of rotatable bonds is 6. The molecule has 2 rings (SSSR count). The number of aromatic nitrogens is 3. The van der Waals surface area contributed by atoms with E-state index in [1.807, 2.05) is 29.2 Å². The van der Waals surface area contributed by atoms with Crippen LogP contribution in [0.3, 0.4) is 0 Å². The summed E-state index contributed by atoms with van der Waals surface area (Å²) in [6.45, 7) is 6.20. The van der Waals surface area contributed by atoms with Crippen LogP contribution in [-0.4, -0.2) is 20.5 Å². The van der Waals surface area contributed by atoms with Gasteiger partial charge in [0, 0.05) is 24.0 Å². The van der Waals surface area contributed by atoms with Gasteiger partial charge in [-0.05, 0) is 26.3 Å². The third kappa shape index (κ3) is 3.73. The summed E-state index contributed by atoms with van der Waals surface area (Å²) in [7, 11) is 0. The lowest BCUT2D eigenvalue weighted by molar-refractivity contribution is -0.117. The molecule has 0 amide bonds. The summed E-state index contributed by atoms with van der Waals surface area (Å²) in [5, 5.41) is 7.40. The van der Waals surface area contributed by atoms with Crippen molar-refractivity contribution in [3.63, 3.8) is 0 Å². The van der Waals surface area contributed by atoms with Gasteiger partial charge in [0.2, 0.25) is 0 Å². The normalized spacial score (nSPS) is 12.6. The highest BCUT2D eigenvalue weighted by molar-refractivity contribution is 7.09. The molecular weight excluding hydrogens is 258 g/mol. The minimum Gasteiger partial charge on any atom is -0.299 e. The summed E-state index contributed by atoms with van der Waals surface area (Å²) in [4.78, 5) is 16.3. The molecule has 19 heavy (non-hydrogen) atoms. The molecule has 1 atom stereocenters. The van der Waals surface area contributed by atoms with E-state index in [-0.39, 0.29) is 5.78 Å². The summed E-state index contributed by atoms with van der Waals surface area (Å²) in [5.74, 6) is 0.166. The highest BCUT2D eigenvalue weighted by Gasteiger charge is 2.11. The predicted octanol–water partition coefficient (Wildman–Crippen LogP) is 2.97. The molecule has 102 valence electrons. The molecule has 1 unspecified atom stereocenters. The average molecular weight is 277 g/mol. The second kappa shape index (κ2) is 6.10. The van der Waals surface area contributed by atoms with E-state index in [0.29, 0.717) is 18.9 Å². The van der Waals surface area contributed by atoms with Gasteiger partial charge in [-0.25, -0.2) is 4.98 Å². The van der Waals surface area contributed by atoms with Gasteiger partial charge < -0.3 is 0 Å². The van der Waals surface area contributed by atoms with E-state index < -0.39 is 0 Å². The molecule has 2 heterocycles. The van der Waals surface area contributed by atoms with Gasteiger partial charge in [-0.3, -0.25) is 9.48 Å². The topological polar surface area (TPSA) is 47.8 Å². The van der Waals surface area contributed by atoms with Crippen molar-refractivity contribution in [2.75, 3.05) is 0 Å². The second-order valence-electron chi connectivity index (χ2n) is 4.79. The Balaban J connectivity index is 1.93. The maximum absolute atomic E-state index is 12.0. The van der Waals surface area contributed by atoms with E-state index in [1.54, 1.807) is 11.3 Å². The number of hydrogen-bond donors (Lipinski definition) is 0. The molecule has 0 saturated heterocycles. The Labute approximate surface area is 117 Å². The van der Waals surface area contributed by atoms with Crippen molar-refractivity contribution in [1.29, 1.82) is 0 Å². The van der Waals surface area contributed by atoms with Gasteiger partial charge in [-0.15, -0.1) is 11.3 Å². The van der Waals surface area contributed by atoms with Crippen molar-refractivity contribution in [2.24, 2.45) is 0 Å². The molecule has 0 aliphatic carbocycles. The van der Waals surface area contributed by atoms with Crippen LogP contribution in [0, 0.1) is 6.92 Å². The van der Waals surface area contributed by atoms with E-state index in [9.17, 15) is 4.79 Å². The summed E-state index contributed by atoms with van der Waals surface area (Å²) in [6, 6.07) is 2.31. The van der Waals surface area contributed by atoms with Crippen molar-refractivity contribution in [2.45, 2.75) is 46.1 Å². The van der Waals surface area contributed by atoms with Crippen LogP contribution < -0.4 is 0 Å². The lowest BCUT2D eigenvalue weighted by Crippen LogP contribution is -2.09. The zero-order chi connectivity index (χ0) is 13.8. The van der Waals surface area contributed by atoms with Crippen LogP contribution in [0.2, 0.25) is 0 Å². The standard InChI is InChI=1S/C14H19N3OS/c1-4-10(2)17-6-5-12(16-17)7-14(18)8-13-9-19-11(3)15-13/h5-6,9-10H,4,7-8H2,1-3H3. The Kier molecular flexibility index (Phi) is 4.47. The number of carbonyl (C=O) groups is 1. The van der Waals surface area contributed by atoms with E-state index in [2.05, 4.69) is 23.9 Å². The van der Waals surface area contributed by atoms with E-state index in [4.69, 9.17) is 0 Å². The lowest BCUT2D eigenvalue weighted by atomic mass is 10.1. The Bertz CT molecular complexity index is 559.